The van der Waals surface area contributed by atoms with Crippen LogP contribution in [0.4, 0.5) is 5.69 Å². The Bertz CT molecular complexity index is 1010. The fourth-order valence-electron chi connectivity index (χ4n) is 4.02. The highest BCUT2D eigenvalue weighted by Crippen LogP contribution is 2.20. The molecule has 0 radical (unpaired) electrons. The third kappa shape index (κ3) is 5.44. The smallest absolute Gasteiger partial charge is 0.261 e. The van der Waals surface area contributed by atoms with Gasteiger partial charge in [-0.25, -0.2) is 8.42 Å². The topological polar surface area (TPSA) is 79.0 Å². The van der Waals surface area contributed by atoms with Gasteiger partial charge in [-0.15, -0.1) is 0 Å². The summed E-state index contributed by atoms with van der Waals surface area (Å²) in [6.45, 7) is 6.57. The minimum absolute atomic E-state index is 0.0796. The van der Waals surface area contributed by atoms with Crippen LogP contribution in [-0.2, 0) is 14.8 Å². The molecule has 0 bridgehead atoms. The zero-order chi connectivity index (χ0) is 21.8. The normalized spacial score (nSPS) is 20.0. The molecule has 2 fully saturated rings. The van der Waals surface area contributed by atoms with Crippen molar-refractivity contribution in [3.05, 3.63) is 59.7 Å². The van der Waals surface area contributed by atoms with Crippen LogP contribution in [0.5, 0.6) is 0 Å². The number of anilines is 1. The number of nitrogens with one attached hydrogen (secondary N) is 1. The maximum Gasteiger partial charge on any atom is 0.261 e. The second-order valence-electron chi connectivity index (χ2n) is 8.23. The Morgan fingerprint density at radius 3 is 2.52 bits per heavy atom. The summed E-state index contributed by atoms with van der Waals surface area (Å²) in [7, 11) is -3.78. The van der Waals surface area contributed by atoms with Gasteiger partial charge >= 0.3 is 0 Å². The summed E-state index contributed by atoms with van der Waals surface area (Å²) < 4.78 is 33.9. The predicted molar refractivity (Wildman–Crippen MR) is 120 cm³/mol. The predicted octanol–water partition coefficient (Wildman–Crippen LogP) is 2.73. The van der Waals surface area contributed by atoms with Crippen LogP contribution < -0.4 is 4.72 Å². The van der Waals surface area contributed by atoms with Crippen LogP contribution in [-0.4, -0.2) is 69.6 Å². The van der Waals surface area contributed by atoms with Gasteiger partial charge < -0.3 is 9.64 Å². The summed E-state index contributed by atoms with van der Waals surface area (Å²) in [6, 6.07) is 13.4. The Kier molecular flexibility index (Phi) is 6.60. The molecule has 2 saturated heterocycles. The molecule has 2 heterocycles. The van der Waals surface area contributed by atoms with Crippen molar-refractivity contribution in [2.24, 2.45) is 0 Å². The van der Waals surface area contributed by atoms with Crippen LogP contribution >= 0.6 is 0 Å². The lowest BCUT2D eigenvalue weighted by molar-refractivity contribution is 0.0432. The van der Waals surface area contributed by atoms with Gasteiger partial charge in [0.1, 0.15) is 0 Å². The van der Waals surface area contributed by atoms with Crippen molar-refractivity contribution in [2.75, 3.05) is 44.1 Å². The summed E-state index contributed by atoms with van der Waals surface area (Å²) in [4.78, 5) is 17.2. The number of ether oxygens (including phenoxy) is 1. The summed E-state index contributed by atoms with van der Waals surface area (Å²) in [6.07, 6.45) is 2.54. The Labute approximate surface area is 184 Å². The van der Waals surface area contributed by atoms with E-state index in [0.717, 1.165) is 44.6 Å². The van der Waals surface area contributed by atoms with E-state index in [1.54, 1.807) is 29.2 Å². The Morgan fingerprint density at radius 1 is 1.10 bits per heavy atom. The first kappa shape index (κ1) is 21.8. The first-order valence-corrected chi connectivity index (χ1v) is 12.2. The lowest BCUT2D eigenvalue weighted by Crippen LogP contribution is -2.50. The van der Waals surface area contributed by atoms with Gasteiger partial charge in [0.15, 0.2) is 0 Å². The largest absolute Gasteiger partial charge is 0.377 e. The zero-order valence-electron chi connectivity index (χ0n) is 17.8. The maximum absolute atomic E-state index is 13.0. The number of piperazine rings is 1. The molecule has 1 N–H and O–H groups in total. The van der Waals surface area contributed by atoms with E-state index in [0.29, 0.717) is 30.4 Å². The van der Waals surface area contributed by atoms with E-state index in [1.807, 2.05) is 19.1 Å². The van der Waals surface area contributed by atoms with E-state index >= 15 is 0 Å². The van der Waals surface area contributed by atoms with Crippen LogP contribution in [0.1, 0.15) is 28.8 Å². The number of rotatable bonds is 6. The van der Waals surface area contributed by atoms with Gasteiger partial charge in [0.05, 0.1) is 11.0 Å². The molecule has 1 amide bonds. The second-order valence-corrected chi connectivity index (χ2v) is 9.91. The first-order valence-electron chi connectivity index (χ1n) is 10.7. The quantitative estimate of drug-likeness (QED) is 0.743. The average Bonchev–Trinajstić information content (AvgIpc) is 3.28. The van der Waals surface area contributed by atoms with Crippen LogP contribution in [0.25, 0.3) is 0 Å². The SMILES string of the molecule is Cc1ccc(NS(=O)(=O)c2cccc(C(=O)N3CCN(CC4CCCO4)CC3)c2)cc1. The third-order valence-corrected chi connectivity index (χ3v) is 7.22. The van der Waals surface area contributed by atoms with Crippen molar-refractivity contribution in [1.82, 2.24) is 9.80 Å². The summed E-state index contributed by atoms with van der Waals surface area (Å²) in [5.74, 6) is -0.135. The molecule has 0 spiro atoms. The van der Waals surface area contributed by atoms with E-state index in [1.165, 1.54) is 12.1 Å². The fourth-order valence-corrected chi connectivity index (χ4v) is 5.13. The molecule has 1 atom stereocenters. The molecule has 31 heavy (non-hydrogen) atoms. The van der Waals surface area contributed by atoms with E-state index in [4.69, 9.17) is 4.74 Å². The monoisotopic (exact) mass is 443 g/mol. The van der Waals surface area contributed by atoms with Crippen molar-refractivity contribution in [2.45, 2.75) is 30.8 Å². The summed E-state index contributed by atoms with van der Waals surface area (Å²) in [5.41, 5.74) is 1.93. The number of benzene rings is 2. The fraction of sp³-hybridized carbons (Fsp3) is 0.435. The highest BCUT2D eigenvalue weighted by Gasteiger charge is 2.26. The van der Waals surface area contributed by atoms with Crippen LogP contribution in [0.15, 0.2) is 53.4 Å². The molecule has 2 aliphatic heterocycles. The number of sulfonamides is 1. The molecule has 166 valence electrons. The molecule has 1 unspecified atom stereocenters. The summed E-state index contributed by atoms with van der Waals surface area (Å²) >= 11 is 0. The van der Waals surface area contributed by atoms with Crippen molar-refractivity contribution in [3.8, 4) is 0 Å². The molecule has 2 aromatic carbocycles. The number of hydrogen-bond donors (Lipinski definition) is 1. The number of amides is 1. The highest BCUT2D eigenvalue weighted by atomic mass is 32.2. The molecule has 0 aromatic heterocycles. The van der Waals surface area contributed by atoms with E-state index in [-0.39, 0.29) is 10.8 Å². The van der Waals surface area contributed by atoms with E-state index < -0.39 is 10.0 Å². The van der Waals surface area contributed by atoms with Gasteiger partial charge in [0.25, 0.3) is 15.9 Å². The van der Waals surface area contributed by atoms with Crippen LogP contribution in [0, 0.1) is 6.92 Å². The zero-order valence-corrected chi connectivity index (χ0v) is 18.6. The van der Waals surface area contributed by atoms with Gasteiger partial charge in [0, 0.05) is 50.6 Å². The van der Waals surface area contributed by atoms with E-state index in [9.17, 15) is 13.2 Å². The van der Waals surface area contributed by atoms with Gasteiger partial charge in [-0.1, -0.05) is 23.8 Å². The molecular formula is C23H29N3O4S. The molecular weight excluding hydrogens is 414 g/mol. The number of nitrogens with zero attached hydrogens (tertiary/aromatic N) is 2. The highest BCUT2D eigenvalue weighted by molar-refractivity contribution is 7.92. The van der Waals surface area contributed by atoms with Crippen molar-refractivity contribution in [3.63, 3.8) is 0 Å². The standard InChI is InChI=1S/C23H29N3O4S/c1-18-7-9-20(10-8-18)24-31(28,29)22-6-2-4-19(16-22)23(27)26-13-11-25(12-14-26)17-21-5-3-15-30-21/h2,4,6-10,16,21,24H,3,5,11-15,17H2,1H3. The molecule has 4 rings (SSSR count). The van der Waals surface area contributed by atoms with Crippen molar-refractivity contribution < 1.29 is 17.9 Å². The van der Waals surface area contributed by atoms with Crippen LogP contribution in [0.2, 0.25) is 0 Å². The number of aryl methyl sites for hydroxylation is 1. The third-order valence-electron chi connectivity index (χ3n) is 5.84. The molecule has 2 aliphatic rings. The van der Waals surface area contributed by atoms with Gasteiger partial charge in [-0.05, 0) is 50.1 Å². The lowest BCUT2D eigenvalue weighted by atomic mass is 10.1. The Hall–Kier alpha value is -2.42. The molecule has 2 aromatic rings. The molecule has 7 nitrogen and oxygen atoms in total. The second kappa shape index (κ2) is 9.38. The minimum Gasteiger partial charge on any atom is -0.377 e. The van der Waals surface area contributed by atoms with Crippen molar-refractivity contribution >= 4 is 21.6 Å². The van der Waals surface area contributed by atoms with Gasteiger partial charge in [-0.2, -0.15) is 0 Å². The van der Waals surface area contributed by atoms with E-state index in [2.05, 4.69) is 9.62 Å². The number of carbonyl (C=O) groups excluding carboxylic acids is 1. The Morgan fingerprint density at radius 2 is 1.84 bits per heavy atom. The Balaban J connectivity index is 1.39. The molecule has 0 saturated carbocycles. The number of carbonyl (C=O) groups is 1. The first-order chi connectivity index (χ1) is 14.9. The minimum atomic E-state index is -3.78. The lowest BCUT2D eigenvalue weighted by Gasteiger charge is -2.35. The maximum atomic E-state index is 13.0. The number of hydrogen-bond acceptors (Lipinski definition) is 5. The summed E-state index contributed by atoms with van der Waals surface area (Å²) in [5, 5.41) is 0. The molecule has 8 heteroatoms. The average molecular weight is 444 g/mol. The van der Waals surface area contributed by atoms with Crippen molar-refractivity contribution in [1.29, 1.82) is 0 Å². The van der Waals surface area contributed by atoms with Gasteiger partial charge in [-0.3, -0.25) is 14.4 Å². The van der Waals surface area contributed by atoms with Crippen LogP contribution in [0.3, 0.4) is 0 Å². The molecule has 0 aliphatic carbocycles. The van der Waals surface area contributed by atoms with Gasteiger partial charge in [0.2, 0.25) is 0 Å².